The van der Waals surface area contributed by atoms with Crippen molar-refractivity contribution in [1.82, 2.24) is 5.32 Å². The number of furan rings is 1. The second-order valence-corrected chi connectivity index (χ2v) is 13.3. The molecule has 0 bridgehead atoms. The Labute approximate surface area is 317 Å². The molecule has 12 nitrogen and oxygen atoms in total. The maximum atomic E-state index is 10.6. The van der Waals surface area contributed by atoms with E-state index in [1.807, 2.05) is 60.7 Å². The predicted molar refractivity (Wildman–Crippen MR) is 209 cm³/mol. The molecule has 0 aliphatic carbocycles. The molecule has 0 amide bonds. The van der Waals surface area contributed by atoms with Gasteiger partial charge in [-0.25, -0.2) is 0 Å². The molecule has 7 aromatic carbocycles. The van der Waals surface area contributed by atoms with Crippen molar-refractivity contribution in [3.05, 3.63) is 120 Å². The summed E-state index contributed by atoms with van der Waals surface area (Å²) < 4.78 is 6.54. The lowest BCUT2D eigenvalue weighted by molar-refractivity contribution is 0.330. The Morgan fingerprint density at radius 1 is 0.411 bits per heavy atom. The van der Waals surface area contributed by atoms with Gasteiger partial charge in [0.2, 0.25) is 34.5 Å². The zero-order valence-corrected chi connectivity index (χ0v) is 29.2. The summed E-state index contributed by atoms with van der Waals surface area (Å²) in [5.74, 6) is -9.29. The Morgan fingerprint density at radius 3 is 1.43 bits per heavy atom. The molecule has 8 rings (SSSR count). The van der Waals surface area contributed by atoms with Crippen molar-refractivity contribution in [1.29, 1.82) is 0 Å². The molecule has 0 spiro atoms. The van der Waals surface area contributed by atoms with E-state index < -0.39 is 57.5 Å². The van der Waals surface area contributed by atoms with E-state index >= 15 is 0 Å². The quantitative estimate of drug-likeness (QED) is 0.0518. The summed E-state index contributed by atoms with van der Waals surface area (Å²) in [6.07, 6.45) is 0. The third-order valence-electron chi connectivity index (χ3n) is 9.90. The molecule has 0 saturated carbocycles. The third kappa shape index (κ3) is 5.77. The molecular weight excluding hydrogens is 718 g/mol. The van der Waals surface area contributed by atoms with Crippen molar-refractivity contribution in [2.75, 3.05) is 0 Å². The van der Waals surface area contributed by atoms with Crippen LogP contribution in [-0.4, -0.2) is 51.1 Å². The van der Waals surface area contributed by atoms with Crippen molar-refractivity contribution >= 4 is 21.9 Å². The minimum absolute atomic E-state index is 0.228. The van der Waals surface area contributed by atoms with Gasteiger partial charge in [-0.15, -0.1) is 0 Å². The maximum Gasteiger partial charge on any atom is 0.208 e. The molecule has 280 valence electrons. The zero-order valence-electron chi connectivity index (χ0n) is 29.2. The van der Waals surface area contributed by atoms with Crippen LogP contribution in [0.3, 0.4) is 0 Å². The highest BCUT2D eigenvalue weighted by Gasteiger charge is 2.26. The summed E-state index contributed by atoms with van der Waals surface area (Å²) in [6.45, 7) is 1.17. The summed E-state index contributed by atoms with van der Waals surface area (Å²) in [6, 6.07) is 32.9. The fraction of sp³-hybridized carbons (Fsp3) is 0.0455. The topological polar surface area (TPSA) is 227 Å². The van der Waals surface area contributed by atoms with Gasteiger partial charge in [0.1, 0.15) is 11.2 Å². The Bertz CT molecular complexity index is 2750. The summed E-state index contributed by atoms with van der Waals surface area (Å²) in [4.78, 5) is 0. The third-order valence-corrected chi connectivity index (χ3v) is 9.90. The molecule has 0 unspecified atom stereocenters. The van der Waals surface area contributed by atoms with Gasteiger partial charge in [-0.05, 0) is 57.1 Å². The first-order valence-electron chi connectivity index (χ1n) is 17.3. The number of phenolic OH excluding ortho intramolecular Hbond substituents is 10. The van der Waals surface area contributed by atoms with E-state index in [0.717, 1.165) is 27.5 Å². The average molecular weight is 752 g/mol. The van der Waals surface area contributed by atoms with E-state index in [-0.39, 0.29) is 22.3 Å². The van der Waals surface area contributed by atoms with Crippen LogP contribution in [0, 0.1) is 0 Å². The normalized spacial score (nSPS) is 11.4. The van der Waals surface area contributed by atoms with Crippen molar-refractivity contribution in [2.45, 2.75) is 13.1 Å². The first-order chi connectivity index (χ1) is 26.9. The van der Waals surface area contributed by atoms with Crippen molar-refractivity contribution in [3.8, 4) is 102 Å². The van der Waals surface area contributed by atoms with Crippen LogP contribution in [0.4, 0.5) is 0 Å². The van der Waals surface area contributed by atoms with E-state index in [1.165, 1.54) is 0 Å². The lowest BCUT2D eigenvalue weighted by Crippen LogP contribution is -2.12. The smallest absolute Gasteiger partial charge is 0.208 e. The van der Waals surface area contributed by atoms with Crippen molar-refractivity contribution < 1.29 is 55.5 Å². The van der Waals surface area contributed by atoms with Gasteiger partial charge in [0.25, 0.3) is 0 Å². The van der Waals surface area contributed by atoms with Crippen LogP contribution in [0.25, 0.3) is 66.4 Å². The molecule has 1 heterocycles. The highest BCUT2D eigenvalue weighted by Crippen LogP contribution is 2.56. The molecule has 12 heteroatoms. The van der Waals surface area contributed by atoms with Crippen LogP contribution in [-0.2, 0) is 13.1 Å². The van der Waals surface area contributed by atoms with Gasteiger partial charge in [0, 0.05) is 29.4 Å². The molecule has 11 N–H and O–H groups in total. The minimum Gasteiger partial charge on any atom is -0.504 e. The molecule has 8 aromatic rings. The van der Waals surface area contributed by atoms with Crippen LogP contribution in [0.2, 0.25) is 0 Å². The van der Waals surface area contributed by atoms with Crippen LogP contribution in [0.1, 0.15) is 11.1 Å². The van der Waals surface area contributed by atoms with Gasteiger partial charge in [0.05, 0.1) is 11.1 Å². The van der Waals surface area contributed by atoms with Gasteiger partial charge >= 0.3 is 0 Å². The van der Waals surface area contributed by atoms with Gasteiger partial charge < -0.3 is 60.8 Å². The van der Waals surface area contributed by atoms with E-state index in [9.17, 15) is 51.1 Å². The van der Waals surface area contributed by atoms with Gasteiger partial charge in [-0.1, -0.05) is 91.0 Å². The van der Waals surface area contributed by atoms with Gasteiger partial charge in [-0.3, -0.25) is 0 Å². The number of nitrogens with one attached hydrogen (secondary N) is 1. The van der Waals surface area contributed by atoms with E-state index in [1.54, 1.807) is 48.5 Å². The minimum atomic E-state index is -1.06. The average Bonchev–Trinajstić information content (AvgIpc) is 3.61. The summed E-state index contributed by atoms with van der Waals surface area (Å²) in [5.41, 5.74) is 6.02. The number of hydrogen-bond acceptors (Lipinski definition) is 12. The van der Waals surface area contributed by atoms with Crippen LogP contribution >= 0.6 is 0 Å². The van der Waals surface area contributed by atoms with Crippen molar-refractivity contribution in [2.24, 2.45) is 0 Å². The van der Waals surface area contributed by atoms with Gasteiger partial charge in [-0.2, -0.15) is 0 Å². The molecule has 1 aromatic heterocycles. The molecule has 0 fully saturated rings. The fourth-order valence-electron chi connectivity index (χ4n) is 7.03. The molecule has 0 aliphatic rings. The SMILES string of the molecule is Oc1c(O)c(O)c(-c2ccc(-c3cc(-c4ccc(-c5c(O)c(O)c(O)c(O)c5O)cc4)c4oc5cccc(CNCc6ccccc6)c5c4c3)cc2)c(O)c1O. The van der Waals surface area contributed by atoms with Crippen LogP contribution < -0.4 is 5.32 Å². The lowest BCUT2D eigenvalue weighted by atomic mass is 9.92. The van der Waals surface area contributed by atoms with Crippen LogP contribution in [0.15, 0.2) is 114 Å². The summed E-state index contributed by atoms with van der Waals surface area (Å²) >= 11 is 0. The number of hydrogen-bond donors (Lipinski definition) is 11. The highest BCUT2D eigenvalue weighted by atomic mass is 16.4. The summed E-state index contributed by atoms with van der Waals surface area (Å²) in [7, 11) is 0. The molecule has 0 saturated heterocycles. The Morgan fingerprint density at radius 2 is 0.893 bits per heavy atom. The van der Waals surface area contributed by atoms with E-state index in [2.05, 4.69) is 5.32 Å². The Kier molecular flexibility index (Phi) is 8.59. The molecular formula is C44H33NO11. The number of benzene rings is 7. The Hall–Kier alpha value is -7.70. The standard InChI is InChI=1S/C44H33NO11/c46-34-32(35(47)39(51)42(54)38(34)50)24-13-9-22(10-14-24)27-17-28(23-11-15-25(16-12-23)33-36(48)40(52)43(55)41(53)37(33)49)44-29(18-27)31-26(7-4-8-30(31)56-44)20-45-19-21-5-2-1-3-6-21/h1-18,45-55H,19-20H2. The lowest BCUT2D eigenvalue weighted by Gasteiger charge is -2.14. The molecule has 0 aliphatic heterocycles. The first-order valence-corrected chi connectivity index (χ1v) is 17.3. The molecule has 56 heavy (non-hydrogen) atoms. The van der Waals surface area contributed by atoms with Gasteiger partial charge in [0.15, 0.2) is 23.0 Å². The first kappa shape index (κ1) is 35.3. The maximum absolute atomic E-state index is 10.6. The number of aromatic hydroxyl groups is 10. The number of fused-ring (bicyclic) bond motifs is 3. The fourth-order valence-corrected chi connectivity index (χ4v) is 7.03. The van der Waals surface area contributed by atoms with E-state index in [4.69, 9.17) is 4.42 Å². The zero-order chi connectivity index (χ0) is 39.4. The van der Waals surface area contributed by atoms with Crippen molar-refractivity contribution in [3.63, 3.8) is 0 Å². The monoisotopic (exact) mass is 751 g/mol. The molecule has 0 atom stereocenters. The predicted octanol–water partition coefficient (Wildman–Crippen LogP) is 8.60. The highest BCUT2D eigenvalue weighted by molar-refractivity contribution is 6.12. The number of phenols is 10. The Balaban J connectivity index is 1.27. The van der Waals surface area contributed by atoms with E-state index in [0.29, 0.717) is 40.9 Å². The largest absolute Gasteiger partial charge is 0.504 e. The summed E-state index contributed by atoms with van der Waals surface area (Å²) in [5, 5.41) is 108. The second kappa shape index (κ2) is 13.6. The van der Waals surface area contributed by atoms with Crippen LogP contribution in [0.5, 0.6) is 57.5 Å². The second-order valence-electron chi connectivity index (χ2n) is 13.3. The number of rotatable bonds is 8. The molecule has 0 radical (unpaired) electrons.